The van der Waals surface area contributed by atoms with Crippen LogP contribution in [0.25, 0.3) is 0 Å². The molecule has 0 aliphatic heterocycles. The van der Waals surface area contributed by atoms with E-state index in [9.17, 15) is 0 Å². The molecule has 0 aliphatic rings. The molecule has 0 radical (unpaired) electrons. The third-order valence-corrected chi connectivity index (χ3v) is 3.55. The Morgan fingerprint density at radius 3 is 2.42 bits per heavy atom. The van der Waals surface area contributed by atoms with Crippen LogP contribution >= 0.6 is 0 Å². The highest BCUT2D eigenvalue weighted by Crippen LogP contribution is 2.21. The van der Waals surface area contributed by atoms with E-state index in [0.717, 1.165) is 12.1 Å². The van der Waals surface area contributed by atoms with Gasteiger partial charge in [-0.3, -0.25) is 16.3 Å². The average Bonchev–Trinajstić information content (AvgIpc) is 2.38. The van der Waals surface area contributed by atoms with Gasteiger partial charge >= 0.3 is 0 Å². The molecule has 0 bridgehead atoms. The third kappa shape index (κ3) is 3.19. The SMILES string of the molecule is Cc1ccnc(C(Cc2c(C)cccc2C)NN)c1. The highest BCUT2D eigenvalue weighted by atomic mass is 15.2. The minimum absolute atomic E-state index is 0.0414. The van der Waals surface area contributed by atoms with E-state index in [1.807, 2.05) is 12.3 Å². The van der Waals surface area contributed by atoms with E-state index in [2.05, 4.69) is 55.4 Å². The number of aromatic nitrogens is 1. The lowest BCUT2D eigenvalue weighted by Crippen LogP contribution is -2.30. The largest absolute Gasteiger partial charge is 0.271 e. The second kappa shape index (κ2) is 5.95. The predicted molar refractivity (Wildman–Crippen MR) is 78.7 cm³/mol. The highest BCUT2D eigenvalue weighted by molar-refractivity contribution is 5.35. The van der Waals surface area contributed by atoms with Crippen LogP contribution in [0, 0.1) is 20.8 Å². The van der Waals surface area contributed by atoms with Gasteiger partial charge in [0.25, 0.3) is 0 Å². The van der Waals surface area contributed by atoms with E-state index in [4.69, 9.17) is 5.84 Å². The van der Waals surface area contributed by atoms with Crippen LogP contribution in [0.15, 0.2) is 36.5 Å². The summed E-state index contributed by atoms with van der Waals surface area (Å²) in [6.45, 7) is 6.34. The number of benzene rings is 1. The lowest BCUT2D eigenvalue weighted by molar-refractivity contribution is 0.536. The third-order valence-electron chi connectivity index (χ3n) is 3.55. The van der Waals surface area contributed by atoms with Crippen molar-refractivity contribution in [2.45, 2.75) is 33.2 Å². The molecule has 1 atom stereocenters. The Morgan fingerprint density at radius 1 is 1.16 bits per heavy atom. The topological polar surface area (TPSA) is 50.9 Å². The number of nitrogens with zero attached hydrogens (tertiary/aromatic N) is 1. The van der Waals surface area contributed by atoms with Gasteiger partial charge in [-0.05, 0) is 61.6 Å². The van der Waals surface area contributed by atoms with Crippen molar-refractivity contribution in [3.8, 4) is 0 Å². The summed E-state index contributed by atoms with van der Waals surface area (Å²) in [6.07, 6.45) is 2.69. The van der Waals surface area contributed by atoms with Gasteiger partial charge in [0.15, 0.2) is 0 Å². The zero-order valence-corrected chi connectivity index (χ0v) is 11.8. The Morgan fingerprint density at radius 2 is 1.84 bits per heavy atom. The molecule has 1 aromatic heterocycles. The van der Waals surface area contributed by atoms with Gasteiger partial charge in [-0.25, -0.2) is 0 Å². The maximum atomic E-state index is 5.71. The van der Waals surface area contributed by atoms with Crippen LogP contribution < -0.4 is 11.3 Å². The molecule has 0 aliphatic carbocycles. The van der Waals surface area contributed by atoms with Gasteiger partial charge in [0.1, 0.15) is 0 Å². The normalized spacial score (nSPS) is 12.4. The predicted octanol–water partition coefficient (Wildman–Crippen LogP) is 2.75. The Labute approximate surface area is 114 Å². The molecule has 2 aromatic rings. The minimum atomic E-state index is 0.0414. The van der Waals surface area contributed by atoms with Crippen molar-refractivity contribution in [3.63, 3.8) is 0 Å². The van der Waals surface area contributed by atoms with E-state index in [-0.39, 0.29) is 6.04 Å². The first-order valence-corrected chi connectivity index (χ1v) is 6.55. The number of hydrogen-bond acceptors (Lipinski definition) is 3. The monoisotopic (exact) mass is 255 g/mol. The minimum Gasteiger partial charge on any atom is -0.271 e. The fourth-order valence-corrected chi connectivity index (χ4v) is 2.37. The van der Waals surface area contributed by atoms with Crippen molar-refractivity contribution in [1.29, 1.82) is 0 Å². The summed E-state index contributed by atoms with van der Waals surface area (Å²) in [5, 5.41) is 0. The van der Waals surface area contributed by atoms with Gasteiger partial charge in [0.2, 0.25) is 0 Å². The zero-order chi connectivity index (χ0) is 13.8. The van der Waals surface area contributed by atoms with Crippen molar-refractivity contribution >= 4 is 0 Å². The summed E-state index contributed by atoms with van der Waals surface area (Å²) in [5.41, 5.74) is 9.02. The number of aryl methyl sites for hydroxylation is 3. The van der Waals surface area contributed by atoms with Gasteiger partial charge < -0.3 is 0 Å². The van der Waals surface area contributed by atoms with Gasteiger partial charge in [-0.15, -0.1) is 0 Å². The Bertz CT molecular complexity index is 543. The van der Waals surface area contributed by atoms with Crippen molar-refractivity contribution in [3.05, 3.63) is 64.5 Å². The molecule has 0 amide bonds. The number of hydrazine groups is 1. The second-order valence-corrected chi connectivity index (χ2v) is 5.05. The second-order valence-electron chi connectivity index (χ2n) is 5.05. The number of nitrogens with two attached hydrogens (primary N) is 1. The summed E-state index contributed by atoms with van der Waals surface area (Å²) in [6, 6.07) is 10.5. The molecule has 0 saturated carbocycles. The van der Waals surface area contributed by atoms with Crippen LogP contribution in [-0.2, 0) is 6.42 Å². The van der Waals surface area contributed by atoms with Crippen molar-refractivity contribution in [1.82, 2.24) is 10.4 Å². The fraction of sp³-hybridized carbons (Fsp3) is 0.312. The summed E-state index contributed by atoms with van der Waals surface area (Å²) in [5.74, 6) is 5.71. The number of rotatable bonds is 4. The van der Waals surface area contributed by atoms with Crippen molar-refractivity contribution in [2.24, 2.45) is 5.84 Å². The zero-order valence-electron chi connectivity index (χ0n) is 11.8. The molecule has 3 nitrogen and oxygen atoms in total. The summed E-state index contributed by atoms with van der Waals surface area (Å²) in [4.78, 5) is 4.42. The first kappa shape index (κ1) is 13.7. The van der Waals surface area contributed by atoms with Crippen molar-refractivity contribution < 1.29 is 0 Å². The molecule has 0 spiro atoms. The molecular formula is C16H21N3. The van der Waals surface area contributed by atoms with Crippen LogP contribution in [0.1, 0.15) is 34.0 Å². The smallest absolute Gasteiger partial charge is 0.0672 e. The summed E-state index contributed by atoms with van der Waals surface area (Å²) in [7, 11) is 0. The first-order valence-electron chi connectivity index (χ1n) is 6.55. The molecule has 100 valence electrons. The first-order chi connectivity index (χ1) is 9.11. The highest BCUT2D eigenvalue weighted by Gasteiger charge is 2.14. The Hall–Kier alpha value is -1.71. The van der Waals surface area contributed by atoms with Crippen LogP contribution in [0.4, 0.5) is 0 Å². The molecule has 3 heteroatoms. The van der Waals surface area contributed by atoms with Gasteiger partial charge in [0.05, 0.1) is 11.7 Å². The summed E-state index contributed by atoms with van der Waals surface area (Å²) < 4.78 is 0. The van der Waals surface area contributed by atoms with Gasteiger partial charge in [-0.1, -0.05) is 18.2 Å². The maximum Gasteiger partial charge on any atom is 0.0672 e. The van der Waals surface area contributed by atoms with Crippen LogP contribution in [0.2, 0.25) is 0 Å². The molecule has 0 fully saturated rings. The molecule has 2 rings (SSSR count). The number of pyridine rings is 1. The number of hydrogen-bond donors (Lipinski definition) is 2. The van der Waals surface area contributed by atoms with Gasteiger partial charge in [0, 0.05) is 6.20 Å². The van der Waals surface area contributed by atoms with E-state index in [0.29, 0.717) is 0 Å². The summed E-state index contributed by atoms with van der Waals surface area (Å²) >= 11 is 0. The van der Waals surface area contributed by atoms with Crippen molar-refractivity contribution in [2.75, 3.05) is 0 Å². The molecule has 1 aromatic carbocycles. The molecule has 0 saturated heterocycles. The fourth-order valence-electron chi connectivity index (χ4n) is 2.37. The average molecular weight is 255 g/mol. The molecule has 1 heterocycles. The Kier molecular flexibility index (Phi) is 4.30. The van der Waals surface area contributed by atoms with Crippen LogP contribution in [0.5, 0.6) is 0 Å². The number of nitrogens with one attached hydrogen (secondary N) is 1. The molecule has 3 N–H and O–H groups in total. The maximum absolute atomic E-state index is 5.71. The van der Waals surface area contributed by atoms with Crippen LogP contribution in [-0.4, -0.2) is 4.98 Å². The lowest BCUT2D eigenvalue weighted by Gasteiger charge is -2.18. The van der Waals surface area contributed by atoms with Gasteiger partial charge in [-0.2, -0.15) is 0 Å². The lowest BCUT2D eigenvalue weighted by atomic mass is 9.95. The standard InChI is InChI=1S/C16H21N3/c1-11-7-8-18-15(9-11)16(19-17)10-14-12(2)5-4-6-13(14)3/h4-9,16,19H,10,17H2,1-3H3. The molecule has 1 unspecified atom stereocenters. The van der Waals surface area contributed by atoms with E-state index in [1.54, 1.807) is 0 Å². The quantitative estimate of drug-likeness (QED) is 0.652. The molecular weight excluding hydrogens is 234 g/mol. The Balaban J connectivity index is 2.29. The van der Waals surface area contributed by atoms with Crippen LogP contribution in [0.3, 0.4) is 0 Å². The van der Waals surface area contributed by atoms with E-state index < -0.39 is 0 Å². The molecule has 19 heavy (non-hydrogen) atoms. The van der Waals surface area contributed by atoms with E-state index in [1.165, 1.54) is 22.3 Å². The van der Waals surface area contributed by atoms with E-state index >= 15 is 0 Å².